The molecule has 0 spiro atoms. The van der Waals surface area contributed by atoms with Gasteiger partial charge in [0.15, 0.2) is 0 Å². The number of aromatic nitrogens is 2. The molecule has 0 fully saturated rings. The number of benzene rings is 1. The van der Waals surface area contributed by atoms with Crippen molar-refractivity contribution in [2.75, 3.05) is 0 Å². The molecule has 24 heavy (non-hydrogen) atoms. The van der Waals surface area contributed by atoms with Crippen LogP contribution in [0.3, 0.4) is 0 Å². The molecule has 3 aromatic rings. The van der Waals surface area contributed by atoms with Crippen LogP contribution in [0, 0.1) is 0 Å². The van der Waals surface area contributed by atoms with Gasteiger partial charge in [-0.2, -0.15) is 21.6 Å². The molecule has 0 N–H and O–H groups in total. The van der Waals surface area contributed by atoms with Crippen LogP contribution in [-0.4, -0.2) is 23.9 Å². The molecule has 0 atom stereocenters. The van der Waals surface area contributed by atoms with E-state index in [0.29, 0.717) is 22.2 Å². The fourth-order valence-corrected chi connectivity index (χ4v) is 2.54. The second-order valence-electron chi connectivity index (χ2n) is 4.74. The van der Waals surface area contributed by atoms with Crippen molar-refractivity contribution in [3.8, 4) is 16.9 Å². The smallest absolute Gasteiger partial charge is 0.376 e. The Morgan fingerprint density at radius 2 is 1.62 bits per heavy atom. The van der Waals surface area contributed by atoms with Crippen molar-refractivity contribution >= 4 is 21.2 Å². The summed E-state index contributed by atoms with van der Waals surface area (Å²) in [4.78, 5) is 8.40. The minimum Gasteiger partial charge on any atom is -0.376 e. The molecule has 0 saturated heterocycles. The van der Waals surface area contributed by atoms with Gasteiger partial charge in [-0.05, 0) is 35.9 Å². The third kappa shape index (κ3) is 3.02. The van der Waals surface area contributed by atoms with E-state index in [0.717, 1.165) is 12.1 Å². The number of halogens is 3. The van der Waals surface area contributed by atoms with Crippen LogP contribution >= 0.6 is 0 Å². The van der Waals surface area contributed by atoms with Gasteiger partial charge in [-0.15, -0.1) is 0 Å². The molecule has 2 aromatic heterocycles. The minimum absolute atomic E-state index is 0.428. The molecular formula is C15H9F3N2O3S. The maximum Gasteiger partial charge on any atom is 0.534 e. The molecular weight excluding hydrogens is 345 g/mol. The first-order chi connectivity index (χ1) is 11.3. The standard InChI is InChI=1S/C15H9F3N2O3S/c16-15(17,18)24(21,22)23-11-5-3-10(4-6-11)12-7-9-19-13-2-1-8-20-14(12)13/h1-9H. The van der Waals surface area contributed by atoms with E-state index in [9.17, 15) is 21.6 Å². The zero-order valence-electron chi connectivity index (χ0n) is 11.9. The third-order valence-corrected chi connectivity index (χ3v) is 4.13. The van der Waals surface area contributed by atoms with Gasteiger partial charge in [0.05, 0.1) is 11.0 Å². The molecule has 0 aliphatic heterocycles. The van der Waals surface area contributed by atoms with Crippen molar-refractivity contribution in [2.45, 2.75) is 5.51 Å². The Bertz CT molecular complexity index is 982. The average molecular weight is 354 g/mol. The van der Waals surface area contributed by atoms with Gasteiger partial charge >= 0.3 is 15.6 Å². The van der Waals surface area contributed by atoms with Gasteiger partial charge < -0.3 is 4.18 Å². The topological polar surface area (TPSA) is 69.2 Å². The predicted molar refractivity (Wildman–Crippen MR) is 80.6 cm³/mol. The van der Waals surface area contributed by atoms with Crippen LogP contribution in [0.1, 0.15) is 0 Å². The van der Waals surface area contributed by atoms with E-state index in [1.807, 2.05) is 0 Å². The first kappa shape index (κ1) is 16.2. The van der Waals surface area contributed by atoms with Crippen molar-refractivity contribution in [1.82, 2.24) is 9.97 Å². The van der Waals surface area contributed by atoms with Gasteiger partial charge in [0, 0.05) is 18.0 Å². The highest BCUT2D eigenvalue weighted by Gasteiger charge is 2.48. The Morgan fingerprint density at radius 3 is 2.29 bits per heavy atom. The maximum atomic E-state index is 12.3. The first-order valence-corrected chi connectivity index (χ1v) is 8.00. The summed E-state index contributed by atoms with van der Waals surface area (Å²) in [6.07, 6.45) is 3.18. The molecule has 0 aliphatic rings. The van der Waals surface area contributed by atoms with E-state index in [-0.39, 0.29) is 0 Å². The van der Waals surface area contributed by atoms with Gasteiger partial charge in [-0.1, -0.05) is 12.1 Å². The number of alkyl halides is 3. The number of rotatable bonds is 3. The van der Waals surface area contributed by atoms with E-state index in [1.165, 1.54) is 12.1 Å². The summed E-state index contributed by atoms with van der Waals surface area (Å²) in [6, 6.07) is 10.4. The summed E-state index contributed by atoms with van der Waals surface area (Å²) >= 11 is 0. The van der Waals surface area contributed by atoms with E-state index in [4.69, 9.17) is 0 Å². The van der Waals surface area contributed by atoms with Gasteiger partial charge in [0.2, 0.25) is 0 Å². The van der Waals surface area contributed by atoms with Crippen molar-refractivity contribution in [1.29, 1.82) is 0 Å². The average Bonchev–Trinajstić information content (AvgIpc) is 2.54. The summed E-state index contributed by atoms with van der Waals surface area (Å²) in [5, 5.41) is 0. The Kier molecular flexibility index (Phi) is 3.88. The Morgan fingerprint density at radius 1 is 0.917 bits per heavy atom. The quantitative estimate of drug-likeness (QED) is 0.532. The summed E-state index contributed by atoms with van der Waals surface area (Å²) in [6.45, 7) is 0. The van der Waals surface area contributed by atoms with Crippen LogP contribution in [0.25, 0.3) is 22.2 Å². The van der Waals surface area contributed by atoms with Crippen molar-refractivity contribution in [2.24, 2.45) is 0 Å². The molecule has 124 valence electrons. The van der Waals surface area contributed by atoms with Gasteiger partial charge in [0.25, 0.3) is 0 Å². The second-order valence-corrected chi connectivity index (χ2v) is 6.28. The van der Waals surface area contributed by atoms with Crippen LogP contribution in [0.5, 0.6) is 5.75 Å². The summed E-state index contributed by atoms with van der Waals surface area (Å²) < 4.78 is 63.0. The first-order valence-electron chi connectivity index (χ1n) is 6.59. The van der Waals surface area contributed by atoms with E-state index in [2.05, 4.69) is 14.2 Å². The van der Waals surface area contributed by atoms with Gasteiger partial charge in [0.1, 0.15) is 5.75 Å². The molecule has 0 radical (unpaired) electrons. The number of hydrogen-bond donors (Lipinski definition) is 0. The largest absolute Gasteiger partial charge is 0.534 e. The maximum absolute atomic E-state index is 12.3. The molecule has 0 bridgehead atoms. The number of pyridine rings is 2. The lowest BCUT2D eigenvalue weighted by molar-refractivity contribution is -0.0500. The van der Waals surface area contributed by atoms with E-state index >= 15 is 0 Å². The van der Waals surface area contributed by atoms with Crippen LogP contribution < -0.4 is 4.18 Å². The lowest BCUT2D eigenvalue weighted by atomic mass is 10.0. The van der Waals surface area contributed by atoms with Crippen LogP contribution in [0.4, 0.5) is 13.2 Å². The number of nitrogens with zero attached hydrogens (tertiary/aromatic N) is 2. The number of fused-ring (bicyclic) bond motifs is 1. The fourth-order valence-electron chi connectivity index (χ4n) is 2.08. The zero-order chi connectivity index (χ0) is 17.4. The van der Waals surface area contributed by atoms with Crippen LogP contribution in [0.15, 0.2) is 54.9 Å². The lowest BCUT2D eigenvalue weighted by Crippen LogP contribution is -2.28. The Labute approximate surface area is 134 Å². The highest BCUT2D eigenvalue weighted by Crippen LogP contribution is 2.30. The Hall–Kier alpha value is -2.68. The molecule has 0 unspecified atom stereocenters. The zero-order valence-corrected chi connectivity index (χ0v) is 12.7. The summed E-state index contributed by atoms with van der Waals surface area (Å²) in [5.74, 6) is -0.428. The molecule has 2 heterocycles. The van der Waals surface area contributed by atoms with Crippen molar-refractivity contribution in [3.05, 3.63) is 54.9 Å². The Balaban J connectivity index is 1.95. The predicted octanol–water partition coefficient (Wildman–Crippen LogP) is 3.53. The molecule has 0 saturated carbocycles. The van der Waals surface area contributed by atoms with Crippen molar-refractivity contribution < 1.29 is 25.8 Å². The lowest BCUT2D eigenvalue weighted by Gasteiger charge is -2.10. The van der Waals surface area contributed by atoms with Crippen molar-refractivity contribution in [3.63, 3.8) is 0 Å². The van der Waals surface area contributed by atoms with E-state index in [1.54, 1.807) is 30.6 Å². The summed E-state index contributed by atoms with van der Waals surface area (Å²) in [5.41, 5.74) is -2.84. The molecule has 5 nitrogen and oxygen atoms in total. The fraction of sp³-hybridized carbons (Fsp3) is 0.0667. The number of hydrogen-bond acceptors (Lipinski definition) is 5. The molecule has 9 heteroatoms. The molecule has 0 amide bonds. The molecule has 0 aliphatic carbocycles. The SMILES string of the molecule is O=S(=O)(Oc1ccc(-c2ccnc3cccnc23)cc1)C(F)(F)F. The second kappa shape index (κ2) is 5.75. The third-order valence-electron chi connectivity index (χ3n) is 3.15. The van der Waals surface area contributed by atoms with Gasteiger partial charge in [-0.25, -0.2) is 0 Å². The van der Waals surface area contributed by atoms with Crippen LogP contribution in [-0.2, 0) is 10.1 Å². The van der Waals surface area contributed by atoms with Crippen LogP contribution in [0.2, 0.25) is 0 Å². The van der Waals surface area contributed by atoms with Gasteiger partial charge in [-0.3, -0.25) is 9.97 Å². The molecule has 3 rings (SSSR count). The van der Waals surface area contributed by atoms with E-state index < -0.39 is 21.4 Å². The highest BCUT2D eigenvalue weighted by atomic mass is 32.2. The highest BCUT2D eigenvalue weighted by molar-refractivity contribution is 7.88. The summed E-state index contributed by atoms with van der Waals surface area (Å²) in [7, 11) is -5.69. The monoisotopic (exact) mass is 354 g/mol. The minimum atomic E-state index is -5.69. The molecule has 1 aromatic carbocycles. The normalized spacial score (nSPS) is 12.3.